The molecule has 2 heterocycles. The minimum absolute atomic E-state index is 0.646. The maximum absolute atomic E-state index is 8.82. The molecule has 0 N–H and O–H groups in total. The van der Waals surface area contributed by atoms with Gasteiger partial charge in [-0.05, 0) is 24.3 Å². The predicted molar refractivity (Wildman–Crippen MR) is 62.3 cm³/mol. The van der Waals surface area contributed by atoms with E-state index in [2.05, 4.69) is 11.1 Å². The molecule has 17 heavy (non-hydrogen) atoms. The molecule has 0 fully saturated rings. The third-order valence-corrected chi connectivity index (χ3v) is 2.59. The second-order valence-corrected chi connectivity index (χ2v) is 3.81. The van der Waals surface area contributed by atoms with Gasteiger partial charge in [0, 0.05) is 17.8 Å². The van der Waals surface area contributed by atoms with Gasteiger partial charge in [-0.25, -0.2) is 4.98 Å². The van der Waals surface area contributed by atoms with Crippen molar-refractivity contribution in [3.05, 3.63) is 54.3 Å². The summed E-state index contributed by atoms with van der Waals surface area (Å²) < 4.78 is 7.62. The molecule has 0 atom stereocenters. The molecule has 0 bridgehead atoms. The van der Waals surface area contributed by atoms with Gasteiger partial charge in [0.05, 0.1) is 24.5 Å². The zero-order valence-electron chi connectivity index (χ0n) is 9.00. The van der Waals surface area contributed by atoms with Gasteiger partial charge in [0.25, 0.3) is 0 Å². The summed E-state index contributed by atoms with van der Waals surface area (Å²) in [5.74, 6) is 0.855. The van der Waals surface area contributed by atoms with Crippen molar-refractivity contribution in [2.45, 2.75) is 6.54 Å². The molecule has 4 heteroatoms. The summed E-state index contributed by atoms with van der Waals surface area (Å²) in [5, 5.41) is 9.78. The highest BCUT2D eigenvalue weighted by molar-refractivity contribution is 5.79. The predicted octanol–water partition coefficient (Wildman–Crippen LogP) is 2.55. The molecule has 1 aromatic carbocycles. The van der Waals surface area contributed by atoms with Crippen molar-refractivity contribution in [2.75, 3.05) is 0 Å². The van der Waals surface area contributed by atoms with Crippen LogP contribution in [-0.2, 0) is 6.54 Å². The highest BCUT2D eigenvalue weighted by Gasteiger charge is 2.05. The molecule has 0 radical (unpaired) electrons. The number of nitrogens with zero attached hydrogens (tertiary/aromatic N) is 3. The number of benzene rings is 1. The van der Waals surface area contributed by atoms with E-state index in [-0.39, 0.29) is 0 Å². The molecule has 3 aromatic rings. The Morgan fingerprint density at radius 1 is 1.35 bits per heavy atom. The average Bonchev–Trinajstić information content (AvgIpc) is 2.96. The molecular formula is C13H9N3O. The molecule has 0 saturated carbocycles. The van der Waals surface area contributed by atoms with E-state index in [1.54, 1.807) is 18.6 Å². The number of nitriles is 1. The topological polar surface area (TPSA) is 54.8 Å². The second-order valence-electron chi connectivity index (χ2n) is 3.81. The first-order valence-corrected chi connectivity index (χ1v) is 5.23. The summed E-state index contributed by atoms with van der Waals surface area (Å²) in [5.41, 5.74) is 1.45. The molecule has 0 amide bonds. The Labute approximate surface area is 97.7 Å². The molecule has 0 aliphatic carbocycles. The van der Waals surface area contributed by atoms with Crippen LogP contribution in [0, 0.1) is 11.3 Å². The minimum atomic E-state index is 0.646. The Morgan fingerprint density at radius 2 is 2.29 bits per heavy atom. The third kappa shape index (κ3) is 1.79. The van der Waals surface area contributed by atoms with Gasteiger partial charge in [0.2, 0.25) is 0 Å². The van der Waals surface area contributed by atoms with Gasteiger partial charge < -0.3 is 8.98 Å². The summed E-state index contributed by atoms with van der Waals surface area (Å²) in [6, 6.07) is 9.48. The lowest BCUT2D eigenvalue weighted by Gasteiger charge is -1.96. The molecule has 0 aliphatic heterocycles. The van der Waals surface area contributed by atoms with Crippen molar-refractivity contribution in [1.29, 1.82) is 5.26 Å². The van der Waals surface area contributed by atoms with Crippen LogP contribution in [0.5, 0.6) is 0 Å². The summed E-state index contributed by atoms with van der Waals surface area (Å²) >= 11 is 0. The molecule has 4 nitrogen and oxygen atoms in total. The average molecular weight is 223 g/mol. The Hall–Kier alpha value is -2.54. The summed E-state index contributed by atoms with van der Waals surface area (Å²) in [6.07, 6.45) is 5.36. The monoisotopic (exact) mass is 223 g/mol. The maximum atomic E-state index is 8.82. The van der Waals surface area contributed by atoms with E-state index in [0.29, 0.717) is 12.1 Å². The summed E-state index contributed by atoms with van der Waals surface area (Å²) in [4.78, 5) is 3.98. The molecule has 82 valence electrons. The van der Waals surface area contributed by atoms with Gasteiger partial charge in [0.15, 0.2) is 0 Å². The fraction of sp³-hybridized carbons (Fsp3) is 0.0769. The first-order valence-electron chi connectivity index (χ1n) is 5.23. The van der Waals surface area contributed by atoms with Gasteiger partial charge in [-0.15, -0.1) is 0 Å². The normalized spacial score (nSPS) is 10.5. The van der Waals surface area contributed by atoms with E-state index in [1.807, 2.05) is 29.0 Å². The van der Waals surface area contributed by atoms with E-state index >= 15 is 0 Å². The Morgan fingerprint density at radius 3 is 3.06 bits per heavy atom. The van der Waals surface area contributed by atoms with Gasteiger partial charge in [-0.2, -0.15) is 5.26 Å². The van der Waals surface area contributed by atoms with Gasteiger partial charge >= 0.3 is 0 Å². The van der Waals surface area contributed by atoms with Crippen LogP contribution in [-0.4, -0.2) is 9.55 Å². The van der Waals surface area contributed by atoms with Crippen LogP contribution in [0.4, 0.5) is 0 Å². The van der Waals surface area contributed by atoms with Crippen molar-refractivity contribution in [3.63, 3.8) is 0 Å². The van der Waals surface area contributed by atoms with Gasteiger partial charge in [0.1, 0.15) is 11.3 Å². The van der Waals surface area contributed by atoms with Crippen molar-refractivity contribution >= 4 is 11.0 Å². The fourth-order valence-corrected chi connectivity index (χ4v) is 1.81. The lowest BCUT2D eigenvalue weighted by Crippen LogP contribution is -1.93. The second kappa shape index (κ2) is 3.80. The van der Waals surface area contributed by atoms with Gasteiger partial charge in [-0.1, -0.05) is 0 Å². The van der Waals surface area contributed by atoms with Crippen molar-refractivity contribution in [1.82, 2.24) is 9.55 Å². The van der Waals surface area contributed by atoms with Crippen LogP contribution < -0.4 is 0 Å². The number of rotatable bonds is 2. The van der Waals surface area contributed by atoms with Crippen LogP contribution in [0.15, 0.2) is 47.4 Å². The number of fused-ring (bicyclic) bond motifs is 1. The number of furan rings is 1. The van der Waals surface area contributed by atoms with Crippen LogP contribution >= 0.6 is 0 Å². The summed E-state index contributed by atoms with van der Waals surface area (Å²) in [6.45, 7) is 0.649. The molecule has 0 aliphatic rings. The first kappa shape index (κ1) is 9.67. The minimum Gasteiger partial charge on any atom is -0.459 e. The molecular weight excluding hydrogens is 214 g/mol. The largest absolute Gasteiger partial charge is 0.459 e. The van der Waals surface area contributed by atoms with Crippen LogP contribution in [0.1, 0.15) is 11.3 Å². The van der Waals surface area contributed by atoms with Crippen molar-refractivity contribution in [2.24, 2.45) is 0 Å². The third-order valence-electron chi connectivity index (χ3n) is 2.59. The number of hydrogen-bond donors (Lipinski definition) is 0. The van der Waals surface area contributed by atoms with E-state index < -0.39 is 0 Å². The van der Waals surface area contributed by atoms with E-state index in [9.17, 15) is 0 Å². The lowest BCUT2D eigenvalue weighted by molar-refractivity contribution is 0.528. The van der Waals surface area contributed by atoms with Crippen LogP contribution in [0.3, 0.4) is 0 Å². The number of aromatic nitrogens is 2. The van der Waals surface area contributed by atoms with Crippen LogP contribution in [0.25, 0.3) is 11.0 Å². The fourth-order valence-electron chi connectivity index (χ4n) is 1.81. The van der Waals surface area contributed by atoms with Gasteiger partial charge in [-0.3, -0.25) is 0 Å². The Kier molecular flexibility index (Phi) is 2.16. The molecule has 3 rings (SSSR count). The highest BCUT2D eigenvalue weighted by Crippen LogP contribution is 2.21. The molecule has 0 unspecified atom stereocenters. The molecule has 0 spiro atoms. The number of imidazole rings is 1. The Balaban J connectivity index is 1.99. The quantitative estimate of drug-likeness (QED) is 0.670. The zero-order valence-corrected chi connectivity index (χ0v) is 9.00. The molecule has 2 aromatic heterocycles. The molecule has 0 saturated heterocycles. The zero-order chi connectivity index (χ0) is 11.7. The summed E-state index contributed by atoms with van der Waals surface area (Å²) in [7, 11) is 0. The standard InChI is InChI=1S/C13H9N3O/c14-7-10-1-2-13-11(5-10)6-12(17-13)8-16-4-3-15-9-16/h1-6,9H,8H2. The Bertz CT molecular complexity index is 689. The number of hydrogen-bond acceptors (Lipinski definition) is 3. The van der Waals surface area contributed by atoms with Crippen molar-refractivity contribution < 1.29 is 4.42 Å². The SMILES string of the molecule is N#Cc1ccc2oc(Cn3ccnc3)cc2c1. The smallest absolute Gasteiger partial charge is 0.134 e. The van der Waals surface area contributed by atoms with E-state index in [4.69, 9.17) is 9.68 Å². The lowest BCUT2D eigenvalue weighted by atomic mass is 10.2. The maximum Gasteiger partial charge on any atom is 0.134 e. The van der Waals surface area contributed by atoms with Crippen molar-refractivity contribution in [3.8, 4) is 6.07 Å². The highest BCUT2D eigenvalue weighted by atomic mass is 16.3. The first-order chi connectivity index (χ1) is 8.35. The van der Waals surface area contributed by atoms with E-state index in [0.717, 1.165) is 16.7 Å². The van der Waals surface area contributed by atoms with Crippen LogP contribution in [0.2, 0.25) is 0 Å². The van der Waals surface area contributed by atoms with E-state index in [1.165, 1.54) is 0 Å².